The molecular formula is C20H19ClN2O3. The first-order chi connectivity index (χ1) is 12.6. The number of carbonyl (C=O) groups excluding carboxylic acids is 3. The number of rotatable bonds is 3. The summed E-state index contributed by atoms with van der Waals surface area (Å²) in [6.45, 7) is 0.798. The minimum absolute atomic E-state index is 0.0759. The summed E-state index contributed by atoms with van der Waals surface area (Å²) >= 11 is 6.07. The Hall–Kier alpha value is -2.40. The van der Waals surface area contributed by atoms with Crippen molar-refractivity contribution >= 4 is 35.4 Å². The van der Waals surface area contributed by atoms with Crippen molar-refractivity contribution < 1.29 is 14.4 Å². The van der Waals surface area contributed by atoms with Gasteiger partial charge in [0.2, 0.25) is 17.7 Å². The van der Waals surface area contributed by atoms with Crippen molar-refractivity contribution in [2.24, 2.45) is 11.8 Å². The minimum atomic E-state index is -0.211. The van der Waals surface area contributed by atoms with Crippen LogP contribution < -0.4 is 0 Å². The number of allylic oxidation sites excluding steroid dienone is 2. The van der Waals surface area contributed by atoms with Gasteiger partial charge in [0.05, 0.1) is 17.9 Å². The number of imide groups is 1. The first-order valence-electron chi connectivity index (χ1n) is 8.79. The number of likely N-dealkylation sites (tertiary alicyclic amines) is 2. The van der Waals surface area contributed by atoms with Crippen molar-refractivity contribution in [3.63, 3.8) is 0 Å². The Balaban J connectivity index is 1.37. The third kappa shape index (κ3) is 2.86. The zero-order valence-corrected chi connectivity index (χ0v) is 14.9. The van der Waals surface area contributed by atoms with E-state index in [4.69, 9.17) is 11.6 Å². The Kier molecular flexibility index (Phi) is 4.41. The second-order valence-electron chi connectivity index (χ2n) is 6.95. The molecule has 2 atom stereocenters. The molecule has 0 N–H and O–H groups in total. The maximum atomic E-state index is 12.5. The molecule has 0 saturated carbocycles. The fraction of sp³-hybridized carbons (Fsp3) is 0.350. The summed E-state index contributed by atoms with van der Waals surface area (Å²) in [7, 11) is 0. The molecule has 2 fully saturated rings. The standard InChI is InChI=1S/C20H19ClN2O3/c21-17-8-4-1-5-13(17)9-10-18(24)22-11-14(12-22)23-19(25)15-6-2-3-7-16(15)20(23)26/h1-5,8-10,14-16H,6-7,11-12H2/b10-9+. The van der Waals surface area contributed by atoms with E-state index in [1.165, 1.54) is 11.0 Å². The van der Waals surface area contributed by atoms with Crippen LogP contribution in [-0.2, 0) is 14.4 Å². The van der Waals surface area contributed by atoms with E-state index in [1.54, 1.807) is 17.0 Å². The average Bonchev–Trinajstić information content (AvgIpc) is 2.85. The normalized spacial score (nSPS) is 25.7. The molecule has 1 aliphatic carbocycles. The summed E-state index contributed by atoms with van der Waals surface area (Å²) in [6.07, 6.45) is 8.40. The van der Waals surface area contributed by atoms with Crippen molar-refractivity contribution in [2.75, 3.05) is 13.1 Å². The smallest absolute Gasteiger partial charge is 0.246 e. The molecule has 0 aromatic heterocycles. The van der Waals surface area contributed by atoms with Crippen molar-refractivity contribution in [1.82, 2.24) is 9.80 Å². The summed E-state index contributed by atoms with van der Waals surface area (Å²) in [4.78, 5) is 40.4. The van der Waals surface area contributed by atoms with Crippen LogP contribution in [-0.4, -0.2) is 46.7 Å². The zero-order valence-electron chi connectivity index (χ0n) is 14.2. The molecule has 26 heavy (non-hydrogen) atoms. The Morgan fingerprint density at radius 1 is 1.04 bits per heavy atom. The van der Waals surface area contributed by atoms with Crippen LogP contribution in [0.5, 0.6) is 0 Å². The highest BCUT2D eigenvalue weighted by Gasteiger charge is 2.52. The van der Waals surface area contributed by atoms with Crippen molar-refractivity contribution in [2.45, 2.75) is 18.9 Å². The molecule has 2 heterocycles. The zero-order chi connectivity index (χ0) is 18.3. The summed E-state index contributed by atoms with van der Waals surface area (Å²) in [5, 5.41) is 0.586. The Morgan fingerprint density at radius 2 is 1.65 bits per heavy atom. The highest BCUT2D eigenvalue weighted by atomic mass is 35.5. The van der Waals surface area contributed by atoms with Gasteiger partial charge in [-0.3, -0.25) is 19.3 Å². The Labute approximate surface area is 156 Å². The van der Waals surface area contributed by atoms with Gasteiger partial charge >= 0.3 is 0 Å². The lowest BCUT2D eigenvalue weighted by atomic mass is 9.85. The molecule has 4 rings (SSSR count). The van der Waals surface area contributed by atoms with Crippen molar-refractivity contribution in [1.29, 1.82) is 0 Å². The van der Waals surface area contributed by atoms with Crippen LogP contribution in [0.1, 0.15) is 18.4 Å². The second-order valence-corrected chi connectivity index (χ2v) is 7.36. The first kappa shape index (κ1) is 17.0. The van der Waals surface area contributed by atoms with E-state index in [2.05, 4.69) is 0 Å². The highest BCUT2D eigenvalue weighted by Crippen LogP contribution is 2.37. The number of fused-ring (bicyclic) bond motifs is 1. The Bertz CT molecular complexity index is 800. The third-order valence-electron chi connectivity index (χ3n) is 5.39. The van der Waals surface area contributed by atoms with Gasteiger partial charge in [0.25, 0.3) is 0 Å². The monoisotopic (exact) mass is 370 g/mol. The van der Waals surface area contributed by atoms with Gasteiger partial charge in [-0.25, -0.2) is 0 Å². The van der Waals surface area contributed by atoms with Crippen LogP contribution in [0.25, 0.3) is 6.08 Å². The molecule has 3 amide bonds. The number of hydrogen-bond donors (Lipinski definition) is 0. The molecule has 2 aliphatic heterocycles. The molecule has 0 spiro atoms. The van der Waals surface area contributed by atoms with E-state index in [0.717, 1.165) is 5.56 Å². The van der Waals surface area contributed by atoms with Crippen LogP contribution >= 0.6 is 11.6 Å². The van der Waals surface area contributed by atoms with Crippen LogP contribution in [0.15, 0.2) is 42.5 Å². The number of benzene rings is 1. The molecule has 3 aliphatic rings. The topological polar surface area (TPSA) is 57.7 Å². The predicted molar refractivity (Wildman–Crippen MR) is 98.1 cm³/mol. The van der Waals surface area contributed by atoms with Crippen LogP contribution in [0.4, 0.5) is 0 Å². The van der Waals surface area contributed by atoms with Gasteiger partial charge in [-0.2, -0.15) is 0 Å². The first-order valence-corrected chi connectivity index (χ1v) is 9.17. The number of halogens is 1. The quantitative estimate of drug-likeness (QED) is 0.466. The lowest BCUT2D eigenvalue weighted by Crippen LogP contribution is -2.62. The summed E-state index contributed by atoms with van der Waals surface area (Å²) in [5.41, 5.74) is 0.779. The van der Waals surface area contributed by atoms with E-state index in [9.17, 15) is 14.4 Å². The van der Waals surface area contributed by atoms with E-state index in [-0.39, 0.29) is 35.6 Å². The van der Waals surface area contributed by atoms with E-state index < -0.39 is 0 Å². The van der Waals surface area contributed by atoms with Gasteiger partial charge in [0.1, 0.15) is 0 Å². The molecule has 0 radical (unpaired) electrons. The average molecular weight is 371 g/mol. The Morgan fingerprint density at radius 3 is 2.27 bits per heavy atom. The molecule has 5 nitrogen and oxygen atoms in total. The lowest BCUT2D eigenvalue weighted by Gasteiger charge is -2.42. The number of nitrogens with zero attached hydrogens (tertiary/aromatic N) is 2. The number of amides is 3. The molecule has 1 aromatic rings. The third-order valence-corrected chi connectivity index (χ3v) is 5.74. The van der Waals surface area contributed by atoms with Crippen LogP contribution in [0, 0.1) is 11.8 Å². The summed E-state index contributed by atoms with van der Waals surface area (Å²) in [6, 6.07) is 7.10. The largest absolute Gasteiger partial charge is 0.335 e. The molecule has 1 aromatic carbocycles. The maximum absolute atomic E-state index is 12.5. The lowest BCUT2D eigenvalue weighted by molar-refractivity contribution is -0.151. The van der Waals surface area contributed by atoms with Gasteiger partial charge < -0.3 is 4.90 Å². The number of hydrogen-bond acceptors (Lipinski definition) is 3. The van der Waals surface area contributed by atoms with Crippen molar-refractivity contribution in [3.8, 4) is 0 Å². The van der Waals surface area contributed by atoms with E-state index in [1.807, 2.05) is 30.4 Å². The van der Waals surface area contributed by atoms with Crippen molar-refractivity contribution in [3.05, 3.63) is 53.1 Å². The van der Waals surface area contributed by atoms with Gasteiger partial charge in [-0.15, -0.1) is 0 Å². The summed E-state index contributed by atoms with van der Waals surface area (Å²) in [5.74, 6) is -0.713. The van der Waals surface area contributed by atoms with Gasteiger partial charge in [-0.05, 0) is 30.5 Å². The maximum Gasteiger partial charge on any atom is 0.246 e. The molecule has 2 unspecified atom stereocenters. The molecule has 6 heteroatoms. The minimum Gasteiger partial charge on any atom is -0.335 e. The number of carbonyl (C=O) groups is 3. The molecule has 2 saturated heterocycles. The molecular weight excluding hydrogens is 352 g/mol. The fourth-order valence-corrected chi connectivity index (χ4v) is 4.06. The predicted octanol–water partition coefficient (Wildman–Crippen LogP) is 2.52. The van der Waals surface area contributed by atoms with Gasteiger partial charge in [0.15, 0.2) is 0 Å². The summed E-state index contributed by atoms with van der Waals surface area (Å²) < 4.78 is 0. The van der Waals surface area contributed by atoms with Crippen LogP contribution in [0.3, 0.4) is 0 Å². The van der Waals surface area contributed by atoms with E-state index >= 15 is 0 Å². The molecule has 0 bridgehead atoms. The van der Waals surface area contributed by atoms with Gasteiger partial charge in [0, 0.05) is 24.2 Å². The SMILES string of the molecule is O=C(/C=C/c1ccccc1Cl)N1CC(N2C(=O)C3CC=CCC3C2=O)C1. The van der Waals surface area contributed by atoms with Crippen LogP contribution in [0.2, 0.25) is 5.02 Å². The molecule has 134 valence electrons. The fourth-order valence-electron chi connectivity index (χ4n) is 3.86. The van der Waals surface area contributed by atoms with E-state index in [0.29, 0.717) is 31.0 Å². The second kappa shape index (κ2) is 6.72. The van der Waals surface area contributed by atoms with Gasteiger partial charge in [-0.1, -0.05) is 42.0 Å². The highest BCUT2D eigenvalue weighted by molar-refractivity contribution is 6.32.